The van der Waals surface area contributed by atoms with E-state index >= 15 is 0 Å². The van der Waals surface area contributed by atoms with Gasteiger partial charge in [-0.2, -0.15) is 0 Å². The first-order valence-corrected chi connectivity index (χ1v) is 4.08. The van der Waals surface area contributed by atoms with Gasteiger partial charge in [0, 0.05) is 6.42 Å². The van der Waals surface area contributed by atoms with Gasteiger partial charge < -0.3 is 11.6 Å². The average molecular weight is 198 g/mol. The summed E-state index contributed by atoms with van der Waals surface area (Å²) < 4.78 is 0. The van der Waals surface area contributed by atoms with E-state index in [9.17, 15) is 4.79 Å². The molecule has 2 N–H and O–H groups in total. The fraction of sp³-hybridized carbons (Fsp3) is 0.875. The molecule has 1 saturated carbocycles. The predicted molar refractivity (Wildman–Crippen MR) is 41.3 cm³/mol. The Balaban J connectivity index is 0. The van der Waals surface area contributed by atoms with Gasteiger partial charge in [0.25, 0.3) is 0 Å². The molecule has 0 aromatic heterocycles. The second-order valence-electron chi connectivity index (χ2n) is 3.27. The Labute approximate surface area is 116 Å². The van der Waals surface area contributed by atoms with Crippen LogP contribution in [0.2, 0.25) is 0 Å². The van der Waals surface area contributed by atoms with E-state index < -0.39 is 5.97 Å². The van der Waals surface area contributed by atoms with Gasteiger partial charge in [-0.1, -0.05) is 0 Å². The molecule has 0 unspecified atom stereocenters. The molecule has 0 bridgehead atoms. The van der Waals surface area contributed by atoms with Crippen molar-refractivity contribution in [3.63, 3.8) is 0 Å². The van der Waals surface area contributed by atoms with Crippen molar-refractivity contribution in [1.29, 1.82) is 0 Å². The van der Waals surface area contributed by atoms with Gasteiger partial charge in [-0.3, -0.25) is 4.79 Å². The summed E-state index contributed by atoms with van der Waals surface area (Å²) in [5.41, 5.74) is 0. The van der Waals surface area contributed by atoms with Crippen molar-refractivity contribution < 1.29 is 67.8 Å². The van der Waals surface area contributed by atoms with Crippen LogP contribution in [0.4, 0.5) is 0 Å². The zero-order valence-electron chi connectivity index (χ0n) is 8.49. The van der Waals surface area contributed by atoms with E-state index in [0.717, 1.165) is 25.7 Å². The summed E-state index contributed by atoms with van der Waals surface area (Å²) in [5, 5.41) is 17.6. The summed E-state index contributed by atoms with van der Waals surface area (Å²) in [7, 11) is 0. The molecule has 12 heavy (non-hydrogen) atoms. The fourth-order valence-corrected chi connectivity index (χ4v) is 1.60. The zero-order valence-corrected chi connectivity index (χ0v) is 10.6. The Morgan fingerprint density at radius 2 is 1.83 bits per heavy atom. The minimum absolute atomic E-state index is 0. The number of carboxylic acid groups (broad SMARTS) is 1. The third kappa shape index (κ3) is 4.94. The van der Waals surface area contributed by atoms with Gasteiger partial charge in [-0.15, -0.1) is 0 Å². The molecule has 0 atom stereocenters. The standard InChI is InChI=1S/C8H14O3.K.H/c9-7-3-1-6(2-4-7)5-8(10)11;;/h6-7,9H,1-5H2,(H,10,11);;/q;+1;-1. The summed E-state index contributed by atoms with van der Waals surface area (Å²) >= 11 is 0. The largest absolute Gasteiger partial charge is 1.00 e. The molecular weight excluding hydrogens is 183 g/mol. The molecule has 1 aliphatic rings. The second-order valence-corrected chi connectivity index (χ2v) is 3.27. The van der Waals surface area contributed by atoms with E-state index in [0.29, 0.717) is 5.92 Å². The van der Waals surface area contributed by atoms with Gasteiger partial charge in [0.2, 0.25) is 0 Å². The Bertz CT molecular complexity index is 146. The first kappa shape index (κ1) is 13.1. The number of carbonyl (C=O) groups is 1. The second kappa shape index (κ2) is 6.51. The van der Waals surface area contributed by atoms with Gasteiger partial charge in [0.05, 0.1) is 6.10 Å². The van der Waals surface area contributed by atoms with Crippen LogP contribution in [-0.2, 0) is 4.79 Å². The van der Waals surface area contributed by atoms with Crippen molar-refractivity contribution in [2.45, 2.75) is 38.2 Å². The van der Waals surface area contributed by atoms with E-state index in [1.54, 1.807) is 0 Å². The summed E-state index contributed by atoms with van der Waals surface area (Å²) in [5.74, 6) is -0.415. The Morgan fingerprint density at radius 3 is 2.25 bits per heavy atom. The number of carboxylic acids is 1. The molecule has 1 fully saturated rings. The van der Waals surface area contributed by atoms with Crippen LogP contribution in [0.25, 0.3) is 0 Å². The predicted octanol–water partition coefficient (Wildman–Crippen LogP) is -1.87. The smallest absolute Gasteiger partial charge is 1.00 e. The topological polar surface area (TPSA) is 57.5 Å². The van der Waals surface area contributed by atoms with Gasteiger partial charge in [-0.05, 0) is 31.6 Å². The molecule has 0 heterocycles. The minimum Gasteiger partial charge on any atom is -1.00 e. The van der Waals surface area contributed by atoms with E-state index in [2.05, 4.69) is 0 Å². The van der Waals surface area contributed by atoms with Crippen LogP contribution in [0.3, 0.4) is 0 Å². The van der Waals surface area contributed by atoms with Crippen molar-refractivity contribution in [3.8, 4) is 0 Å². The van der Waals surface area contributed by atoms with E-state index in [-0.39, 0.29) is 65.3 Å². The Hall–Kier alpha value is 1.07. The van der Waals surface area contributed by atoms with E-state index in [1.807, 2.05) is 0 Å². The monoisotopic (exact) mass is 198 g/mol. The van der Waals surface area contributed by atoms with Crippen molar-refractivity contribution >= 4 is 5.97 Å². The maximum atomic E-state index is 10.3. The number of aliphatic hydroxyl groups excluding tert-OH is 1. The number of hydrogen-bond donors (Lipinski definition) is 2. The van der Waals surface area contributed by atoms with Gasteiger partial charge in [-0.25, -0.2) is 0 Å². The normalized spacial score (nSPS) is 29.1. The summed E-state index contributed by atoms with van der Waals surface area (Å²) in [6.45, 7) is 0. The van der Waals surface area contributed by atoms with Gasteiger partial charge >= 0.3 is 57.4 Å². The SMILES string of the molecule is O=C(O)CC1CCC(O)CC1.[H-].[K+]. The first-order chi connectivity index (χ1) is 5.18. The molecule has 1 aliphatic carbocycles. The van der Waals surface area contributed by atoms with Crippen LogP contribution < -0.4 is 51.4 Å². The van der Waals surface area contributed by atoms with E-state index in [1.165, 1.54) is 0 Å². The van der Waals surface area contributed by atoms with Crippen molar-refractivity contribution in [2.24, 2.45) is 5.92 Å². The van der Waals surface area contributed by atoms with Gasteiger partial charge in [0.15, 0.2) is 0 Å². The Morgan fingerprint density at radius 1 is 1.33 bits per heavy atom. The number of rotatable bonds is 2. The van der Waals surface area contributed by atoms with Gasteiger partial charge in [0.1, 0.15) is 0 Å². The van der Waals surface area contributed by atoms with Crippen LogP contribution in [0.15, 0.2) is 0 Å². The fourth-order valence-electron chi connectivity index (χ4n) is 1.60. The molecule has 0 spiro atoms. The molecule has 0 aromatic carbocycles. The third-order valence-corrected chi connectivity index (χ3v) is 2.28. The minimum atomic E-state index is -0.716. The van der Waals surface area contributed by atoms with Crippen LogP contribution in [-0.4, -0.2) is 22.3 Å². The maximum Gasteiger partial charge on any atom is 1.00 e. The zero-order chi connectivity index (χ0) is 8.27. The molecule has 1 rings (SSSR count). The summed E-state index contributed by atoms with van der Waals surface area (Å²) in [6, 6.07) is 0. The molecule has 0 aromatic rings. The number of aliphatic hydroxyl groups is 1. The summed E-state index contributed by atoms with van der Waals surface area (Å²) in [4.78, 5) is 10.3. The molecule has 0 aliphatic heterocycles. The van der Waals surface area contributed by atoms with Crippen LogP contribution in [0.5, 0.6) is 0 Å². The third-order valence-electron chi connectivity index (χ3n) is 2.28. The first-order valence-electron chi connectivity index (χ1n) is 4.08. The molecule has 66 valence electrons. The number of aliphatic carboxylic acids is 1. The van der Waals surface area contributed by atoms with Crippen molar-refractivity contribution in [1.82, 2.24) is 0 Å². The van der Waals surface area contributed by atoms with Crippen LogP contribution in [0, 0.1) is 5.92 Å². The molecule has 0 saturated heterocycles. The molecule has 4 heteroatoms. The number of hydrogen-bond acceptors (Lipinski definition) is 2. The molecular formula is C8H15KO3. The average Bonchev–Trinajstić information content (AvgIpc) is 1.93. The molecule has 0 amide bonds. The van der Waals surface area contributed by atoms with Crippen LogP contribution >= 0.6 is 0 Å². The maximum absolute atomic E-state index is 10.3. The van der Waals surface area contributed by atoms with Crippen molar-refractivity contribution in [2.75, 3.05) is 0 Å². The Kier molecular flexibility index (Phi) is 7.09. The van der Waals surface area contributed by atoms with Crippen LogP contribution in [0.1, 0.15) is 33.5 Å². The molecule has 0 radical (unpaired) electrons. The quantitative estimate of drug-likeness (QED) is 0.511. The van der Waals surface area contributed by atoms with Crippen molar-refractivity contribution in [3.05, 3.63) is 0 Å². The molecule has 3 nitrogen and oxygen atoms in total. The van der Waals surface area contributed by atoms with E-state index in [4.69, 9.17) is 10.2 Å². The summed E-state index contributed by atoms with van der Waals surface area (Å²) in [6.07, 6.45) is 3.38.